The molecule has 2 aromatic heterocycles. The van der Waals surface area contributed by atoms with Crippen molar-refractivity contribution in [3.8, 4) is 5.75 Å². The lowest BCUT2D eigenvalue weighted by atomic mass is 9.88. The van der Waals surface area contributed by atoms with Gasteiger partial charge in [0.2, 0.25) is 0 Å². The summed E-state index contributed by atoms with van der Waals surface area (Å²) in [5, 5.41) is 6.17. The van der Waals surface area contributed by atoms with E-state index in [2.05, 4.69) is 20.6 Å². The Labute approximate surface area is 210 Å². The quantitative estimate of drug-likeness (QED) is 0.485. The van der Waals surface area contributed by atoms with Crippen LogP contribution in [0.25, 0.3) is 11.0 Å². The number of aromatic nitrogens is 3. The molecule has 0 unspecified atom stereocenters. The zero-order chi connectivity index (χ0) is 25.5. The first-order valence-corrected chi connectivity index (χ1v) is 12.3. The van der Waals surface area contributed by atoms with Crippen molar-refractivity contribution in [2.45, 2.75) is 50.4 Å². The average molecular weight is 509 g/mol. The highest BCUT2D eigenvalue weighted by molar-refractivity contribution is 5.95. The van der Waals surface area contributed by atoms with Crippen molar-refractivity contribution in [1.82, 2.24) is 19.9 Å². The number of carbonyl (C=O) groups excluding carboxylic acids is 2. The standard InChI is InChI=1S/C25H25FN6O5/c26-14-2-4-16-18(10-14)31(23(34)12-28-16)9-1-8-27-15-3-5-17-20(11-15)37-25(35)32(17)21-7-6-19-24(29-21)30-22(33)13-36-19/h2,4,6-7,10,12,15,17,20,27H,1,3,5,8-9,11,13H2,(H,29,30,33)/t15-,17-,20-/m0/s1. The van der Waals surface area contributed by atoms with E-state index >= 15 is 0 Å². The van der Waals surface area contributed by atoms with Crippen LogP contribution >= 0.6 is 0 Å². The molecular formula is C25H25FN6O5. The molecule has 2 aliphatic heterocycles. The smallest absolute Gasteiger partial charge is 0.416 e. The third-order valence-electron chi connectivity index (χ3n) is 7.04. The predicted molar refractivity (Wildman–Crippen MR) is 131 cm³/mol. The van der Waals surface area contributed by atoms with Crippen molar-refractivity contribution in [3.63, 3.8) is 0 Å². The van der Waals surface area contributed by atoms with Gasteiger partial charge in [-0.25, -0.2) is 19.2 Å². The predicted octanol–water partition coefficient (Wildman–Crippen LogP) is 2.19. The second kappa shape index (κ2) is 9.43. The normalized spacial score (nSPS) is 22.7. The SMILES string of the molecule is O=C1COc2ccc(N3C(=O)O[C@H]4C[C@@H](NCCCn5c(=O)cnc6ccc(F)cc65)CC[C@@H]43)nc2N1. The Morgan fingerprint density at radius 3 is 2.95 bits per heavy atom. The molecule has 2 fully saturated rings. The summed E-state index contributed by atoms with van der Waals surface area (Å²) in [5.41, 5.74) is 0.787. The number of anilines is 2. The maximum atomic E-state index is 13.7. The van der Waals surface area contributed by atoms with Crippen LogP contribution in [-0.4, -0.2) is 57.9 Å². The van der Waals surface area contributed by atoms with Gasteiger partial charge in [-0.15, -0.1) is 0 Å². The minimum Gasteiger partial charge on any atom is -0.480 e. The number of pyridine rings is 1. The maximum Gasteiger partial charge on any atom is 0.416 e. The highest BCUT2D eigenvalue weighted by Crippen LogP contribution is 2.37. The van der Waals surface area contributed by atoms with Crippen LogP contribution in [0.4, 0.5) is 20.8 Å². The molecule has 192 valence electrons. The second-order valence-electron chi connectivity index (χ2n) is 9.41. The summed E-state index contributed by atoms with van der Waals surface area (Å²) in [5.74, 6) is 0.476. The van der Waals surface area contributed by atoms with Crippen LogP contribution in [0.3, 0.4) is 0 Å². The van der Waals surface area contributed by atoms with Gasteiger partial charge in [0.05, 0.1) is 23.3 Å². The van der Waals surface area contributed by atoms with Crippen LogP contribution in [0.5, 0.6) is 5.75 Å². The van der Waals surface area contributed by atoms with Gasteiger partial charge in [-0.3, -0.25) is 14.5 Å². The molecular weight excluding hydrogens is 483 g/mol. The van der Waals surface area contributed by atoms with Crippen LogP contribution < -0.4 is 25.8 Å². The van der Waals surface area contributed by atoms with E-state index in [-0.39, 0.29) is 36.3 Å². The van der Waals surface area contributed by atoms with Gasteiger partial charge in [-0.1, -0.05) is 0 Å². The Kier molecular flexibility index (Phi) is 5.95. The van der Waals surface area contributed by atoms with Gasteiger partial charge in [0.1, 0.15) is 17.7 Å². The molecule has 1 aromatic carbocycles. The molecule has 2 N–H and O–H groups in total. The van der Waals surface area contributed by atoms with Gasteiger partial charge in [-0.05, 0) is 56.1 Å². The summed E-state index contributed by atoms with van der Waals surface area (Å²) in [7, 11) is 0. The van der Waals surface area contributed by atoms with Crippen molar-refractivity contribution in [2.75, 3.05) is 23.4 Å². The van der Waals surface area contributed by atoms with E-state index in [1.165, 1.54) is 18.3 Å². The summed E-state index contributed by atoms with van der Waals surface area (Å²) >= 11 is 0. The Bertz CT molecular complexity index is 1440. The van der Waals surface area contributed by atoms with Crippen LogP contribution in [0, 0.1) is 5.82 Å². The van der Waals surface area contributed by atoms with Gasteiger partial charge in [0, 0.05) is 19.0 Å². The Morgan fingerprint density at radius 2 is 2.05 bits per heavy atom. The van der Waals surface area contributed by atoms with Crippen LogP contribution in [-0.2, 0) is 16.1 Å². The number of ether oxygens (including phenoxy) is 2. The first-order valence-electron chi connectivity index (χ1n) is 12.3. The molecule has 1 aliphatic carbocycles. The zero-order valence-electron chi connectivity index (χ0n) is 19.9. The van der Waals surface area contributed by atoms with Crippen LogP contribution in [0.2, 0.25) is 0 Å². The second-order valence-corrected chi connectivity index (χ2v) is 9.41. The third kappa shape index (κ3) is 4.48. The lowest BCUT2D eigenvalue weighted by Gasteiger charge is -2.33. The van der Waals surface area contributed by atoms with Crippen LogP contribution in [0.1, 0.15) is 25.7 Å². The molecule has 3 aromatic rings. The van der Waals surface area contributed by atoms with E-state index in [1.807, 2.05) is 0 Å². The summed E-state index contributed by atoms with van der Waals surface area (Å²) < 4.78 is 26.3. The van der Waals surface area contributed by atoms with Gasteiger partial charge in [-0.2, -0.15) is 0 Å². The molecule has 6 rings (SSSR count). The van der Waals surface area contributed by atoms with E-state index in [4.69, 9.17) is 9.47 Å². The molecule has 4 heterocycles. The number of hydrogen-bond donors (Lipinski definition) is 2. The monoisotopic (exact) mass is 508 g/mol. The summed E-state index contributed by atoms with van der Waals surface area (Å²) in [6, 6.07) is 7.61. The van der Waals surface area contributed by atoms with Crippen molar-refractivity contribution >= 4 is 34.7 Å². The van der Waals surface area contributed by atoms with Gasteiger partial charge in [0.15, 0.2) is 18.2 Å². The van der Waals surface area contributed by atoms with Crippen molar-refractivity contribution in [2.24, 2.45) is 0 Å². The largest absolute Gasteiger partial charge is 0.480 e. The van der Waals surface area contributed by atoms with Crippen LogP contribution in [0.15, 0.2) is 41.3 Å². The average Bonchev–Trinajstić information content (AvgIpc) is 3.22. The summed E-state index contributed by atoms with van der Waals surface area (Å²) in [4.78, 5) is 46.7. The molecule has 1 saturated carbocycles. The van der Waals surface area contributed by atoms with E-state index in [0.717, 1.165) is 12.8 Å². The molecule has 3 aliphatic rings. The number of fused-ring (bicyclic) bond motifs is 3. The number of benzene rings is 1. The van der Waals surface area contributed by atoms with Gasteiger partial charge < -0.3 is 24.7 Å². The summed E-state index contributed by atoms with van der Waals surface area (Å²) in [6.07, 6.45) is 3.40. The zero-order valence-corrected chi connectivity index (χ0v) is 19.9. The molecule has 0 bridgehead atoms. The third-order valence-corrected chi connectivity index (χ3v) is 7.04. The van der Waals surface area contributed by atoms with E-state index in [9.17, 15) is 18.8 Å². The van der Waals surface area contributed by atoms with E-state index < -0.39 is 11.9 Å². The number of nitrogens with zero attached hydrogens (tertiary/aromatic N) is 4. The molecule has 37 heavy (non-hydrogen) atoms. The fraction of sp³-hybridized carbons (Fsp3) is 0.400. The highest BCUT2D eigenvalue weighted by atomic mass is 19.1. The number of halogens is 1. The first kappa shape index (κ1) is 23.3. The minimum atomic E-state index is -0.456. The summed E-state index contributed by atoms with van der Waals surface area (Å²) in [6.45, 7) is 1.02. The number of nitrogens with one attached hydrogen (secondary N) is 2. The molecule has 1 saturated heterocycles. The lowest BCUT2D eigenvalue weighted by Crippen LogP contribution is -2.46. The minimum absolute atomic E-state index is 0.0622. The van der Waals surface area contributed by atoms with E-state index in [1.54, 1.807) is 27.7 Å². The fourth-order valence-corrected chi connectivity index (χ4v) is 5.30. The number of rotatable bonds is 6. The van der Waals surface area contributed by atoms with Crippen molar-refractivity contribution in [3.05, 3.63) is 52.7 Å². The molecule has 2 amide bonds. The first-order chi connectivity index (χ1) is 18.0. The Morgan fingerprint density at radius 1 is 1.16 bits per heavy atom. The Hall–Kier alpha value is -4.06. The number of carbonyl (C=O) groups is 2. The highest BCUT2D eigenvalue weighted by Gasteiger charge is 2.46. The van der Waals surface area contributed by atoms with Gasteiger partial charge >= 0.3 is 6.09 Å². The van der Waals surface area contributed by atoms with Gasteiger partial charge in [0.25, 0.3) is 11.5 Å². The molecule has 12 heteroatoms. The number of aryl methyl sites for hydroxylation is 1. The molecule has 0 radical (unpaired) electrons. The van der Waals surface area contributed by atoms with Crippen molar-refractivity contribution < 1.29 is 23.5 Å². The maximum absolute atomic E-state index is 13.7. The lowest BCUT2D eigenvalue weighted by molar-refractivity contribution is -0.118. The molecule has 11 nitrogen and oxygen atoms in total. The molecule has 0 spiro atoms. The number of hydrogen-bond acceptors (Lipinski definition) is 8. The Balaban J connectivity index is 1.06. The number of amides is 2. The topological polar surface area (TPSA) is 128 Å². The fourth-order valence-electron chi connectivity index (χ4n) is 5.30. The van der Waals surface area contributed by atoms with E-state index in [0.29, 0.717) is 54.3 Å². The van der Waals surface area contributed by atoms with Crippen molar-refractivity contribution in [1.29, 1.82) is 0 Å². The molecule has 3 atom stereocenters.